The Hall–Kier alpha value is -1.90. The van der Waals surface area contributed by atoms with E-state index in [2.05, 4.69) is 43.1 Å². The average Bonchev–Trinajstić information content (AvgIpc) is 3.11. The predicted molar refractivity (Wildman–Crippen MR) is 124 cm³/mol. The van der Waals surface area contributed by atoms with Crippen LogP contribution in [-0.2, 0) is 9.53 Å². The summed E-state index contributed by atoms with van der Waals surface area (Å²) in [5.74, 6) is 2.16. The third-order valence-corrected chi connectivity index (χ3v) is 9.37. The van der Waals surface area contributed by atoms with Crippen molar-refractivity contribution in [3.05, 3.63) is 47.8 Å². The van der Waals surface area contributed by atoms with E-state index in [1.165, 1.54) is 36.8 Å². The number of hydrogen-bond donors (Lipinski definition) is 0. The van der Waals surface area contributed by atoms with E-state index in [1.54, 1.807) is 5.57 Å². The van der Waals surface area contributed by atoms with Crippen molar-refractivity contribution < 1.29 is 9.53 Å². The van der Waals surface area contributed by atoms with Crippen LogP contribution in [0.5, 0.6) is 0 Å². The van der Waals surface area contributed by atoms with E-state index in [0.717, 1.165) is 37.0 Å². The molecule has 0 N–H and O–H groups in total. The second-order valence-electron chi connectivity index (χ2n) is 11.3. The van der Waals surface area contributed by atoms with E-state index in [1.807, 2.05) is 26.2 Å². The van der Waals surface area contributed by atoms with Crippen LogP contribution >= 0.6 is 0 Å². The molecule has 0 aromatic carbocycles. The minimum absolute atomic E-state index is 0.0436. The Morgan fingerprint density at radius 3 is 2.65 bits per heavy atom. The molecule has 1 aromatic rings. The molecule has 31 heavy (non-hydrogen) atoms. The van der Waals surface area contributed by atoms with E-state index < -0.39 is 0 Å². The first-order chi connectivity index (χ1) is 14.8. The van der Waals surface area contributed by atoms with E-state index in [4.69, 9.17) is 4.74 Å². The van der Waals surface area contributed by atoms with Gasteiger partial charge in [0.15, 0.2) is 0 Å². The number of rotatable bonds is 3. The zero-order valence-electron chi connectivity index (χ0n) is 19.6. The van der Waals surface area contributed by atoms with Gasteiger partial charge in [0.25, 0.3) is 0 Å². The fourth-order valence-electron chi connectivity index (χ4n) is 7.57. The van der Waals surface area contributed by atoms with Crippen LogP contribution in [0.4, 0.5) is 0 Å². The lowest BCUT2D eigenvalue weighted by Crippen LogP contribution is -2.50. The molecule has 1 aromatic heterocycles. The van der Waals surface area contributed by atoms with Gasteiger partial charge in [-0.15, -0.1) is 0 Å². The number of aromatic nitrogens is 1. The van der Waals surface area contributed by atoms with Crippen molar-refractivity contribution in [2.75, 3.05) is 0 Å². The lowest BCUT2D eigenvalue weighted by atomic mass is 9.47. The first kappa shape index (κ1) is 21.0. The molecule has 2 saturated carbocycles. The van der Waals surface area contributed by atoms with Crippen molar-refractivity contribution in [1.29, 1.82) is 0 Å². The van der Waals surface area contributed by atoms with Crippen LogP contribution in [0, 0.1) is 34.5 Å². The molecule has 0 radical (unpaired) electrons. The van der Waals surface area contributed by atoms with Crippen LogP contribution in [0.1, 0.15) is 78.2 Å². The Balaban J connectivity index is 1.37. The van der Waals surface area contributed by atoms with Gasteiger partial charge < -0.3 is 4.74 Å². The normalized spacial score (nSPS) is 39.1. The van der Waals surface area contributed by atoms with Crippen molar-refractivity contribution in [3.63, 3.8) is 0 Å². The molecule has 4 aliphatic rings. The summed E-state index contributed by atoms with van der Waals surface area (Å²) in [5, 5.41) is 0. The highest BCUT2D eigenvalue weighted by Gasteiger charge is 2.57. The molecule has 0 aliphatic heterocycles. The number of fused-ring (bicyclic) bond motifs is 5. The lowest BCUT2D eigenvalue weighted by Gasteiger charge is -2.57. The first-order valence-electron chi connectivity index (χ1n) is 12.3. The molecule has 3 nitrogen and oxygen atoms in total. The summed E-state index contributed by atoms with van der Waals surface area (Å²) < 4.78 is 5.84. The van der Waals surface area contributed by atoms with Crippen molar-refractivity contribution in [2.24, 2.45) is 34.5 Å². The van der Waals surface area contributed by atoms with Gasteiger partial charge in [0, 0.05) is 18.8 Å². The van der Waals surface area contributed by atoms with Crippen molar-refractivity contribution in [1.82, 2.24) is 4.98 Å². The lowest BCUT2D eigenvalue weighted by molar-refractivity contribution is -0.155. The average molecular weight is 420 g/mol. The SMILES string of the molecule is CC(C)C(=O)OC1CCC2(C)C(=CCC3C2CCC2(C)C(c4cccnc4)=CCC32)C1. The maximum Gasteiger partial charge on any atom is 0.308 e. The molecule has 6 atom stereocenters. The van der Waals surface area contributed by atoms with Gasteiger partial charge in [-0.1, -0.05) is 51.5 Å². The summed E-state index contributed by atoms with van der Waals surface area (Å²) in [5.41, 5.74) is 4.98. The number of ether oxygens (including phenoxy) is 1. The molecule has 6 unspecified atom stereocenters. The van der Waals surface area contributed by atoms with Gasteiger partial charge in [-0.25, -0.2) is 0 Å². The zero-order chi connectivity index (χ0) is 21.8. The number of nitrogens with zero attached hydrogens (tertiary/aromatic N) is 1. The predicted octanol–water partition coefficient (Wildman–Crippen LogP) is 6.61. The highest BCUT2D eigenvalue weighted by Crippen LogP contribution is 2.66. The molecular formula is C28H37NO2. The monoisotopic (exact) mass is 419 g/mol. The molecule has 0 spiro atoms. The molecule has 166 valence electrons. The van der Waals surface area contributed by atoms with Crippen molar-refractivity contribution in [2.45, 2.75) is 78.7 Å². The van der Waals surface area contributed by atoms with E-state index in [9.17, 15) is 4.79 Å². The molecule has 4 aliphatic carbocycles. The Labute approximate surface area is 187 Å². The Kier molecular flexibility index (Phi) is 5.14. The standard InChI is InChI=1S/C28H37NO2/c1-18(2)26(30)31-21-11-13-27(3)20(16-21)7-8-22-24-10-9-23(19-6-5-15-29-17-19)28(24,4)14-12-25(22)27/h5-7,9,15,17-18,21-22,24-25H,8,10-14,16H2,1-4H3. The van der Waals surface area contributed by atoms with Crippen LogP contribution in [0.15, 0.2) is 42.3 Å². The second kappa shape index (κ2) is 7.60. The zero-order valence-corrected chi connectivity index (χ0v) is 19.6. The van der Waals surface area contributed by atoms with E-state index in [-0.39, 0.29) is 28.8 Å². The van der Waals surface area contributed by atoms with Crippen LogP contribution in [-0.4, -0.2) is 17.1 Å². The fraction of sp³-hybridized carbons (Fsp3) is 0.643. The maximum atomic E-state index is 12.1. The maximum absolute atomic E-state index is 12.1. The highest BCUT2D eigenvalue weighted by molar-refractivity contribution is 5.72. The summed E-state index contributed by atoms with van der Waals surface area (Å²) in [6, 6.07) is 4.30. The van der Waals surface area contributed by atoms with Crippen LogP contribution in [0.2, 0.25) is 0 Å². The summed E-state index contributed by atoms with van der Waals surface area (Å²) in [6.45, 7) is 8.88. The van der Waals surface area contributed by atoms with Gasteiger partial charge in [0.05, 0.1) is 5.92 Å². The summed E-state index contributed by atoms with van der Waals surface area (Å²) in [6.07, 6.45) is 17.1. The van der Waals surface area contributed by atoms with Gasteiger partial charge in [0.1, 0.15) is 6.10 Å². The third-order valence-electron chi connectivity index (χ3n) is 9.37. The van der Waals surface area contributed by atoms with Gasteiger partial charge in [-0.3, -0.25) is 9.78 Å². The molecule has 2 fully saturated rings. The van der Waals surface area contributed by atoms with Gasteiger partial charge in [-0.05, 0) is 84.3 Å². The fourth-order valence-corrected chi connectivity index (χ4v) is 7.57. The van der Waals surface area contributed by atoms with Crippen LogP contribution in [0.25, 0.3) is 5.57 Å². The van der Waals surface area contributed by atoms with Crippen molar-refractivity contribution in [3.8, 4) is 0 Å². The quantitative estimate of drug-likeness (QED) is 0.409. The molecule has 0 saturated heterocycles. The molecule has 3 heteroatoms. The molecular weight excluding hydrogens is 382 g/mol. The first-order valence-corrected chi connectivity index (χ1v) is 12.3. The topological polar surface area (TPSA) is 39.2 Å². The van der Waals surface area contributed by atoms with Gasteiger partial charge in [-0.2, -0.15) is 0 Å². The summed E-state index contributed by atoms with van der Waals surface area (Å²) >= 11 is 0. The number of carbonyl (C=O) groups excluding carboxylic acids is 1. The van der Waals surface area contributed by atoms with Gasteiger partial charge >= 0.3 is 5.97 Å². The summed E-state index contributed by atoms with van der Waals surface area (Å²) in [7, 11) is 0. The third kappa shape index (κ3) is 3.31. The molecule has 1 heterocycles. The van der Waals surface area contributed by atoms with Gasteiger partial charge in [0.2, 0.25) is 0 Å². The molecule has 5 rings (SSSR count). The molecule has 0 bridgehead atoms. The number of allylic oxidation sites excluding steroid dienone is 3. The minimum atomic E-state index is -0.0451. The van der Waals surface area contributed by atoms with Crippen LogP contribution < -0.4 is 0 Å². The number of pyridine rings is 1. The Morgan fingerprint density at radius 1 is 1.10 bits per heavy atom. The summed E-state index contributed by atoms with van der Waals surface area (Å²) in [4.78, 5) is 16.5. The minimum Gasteiger partial charge on any atom is -0.462 e. The largest absolute Gasteiger partial charge is 0.462 e. The van der Waals surface area contributed by atoms with E-state index >= 15 is 0 Å². The second-order valence-corrected chi connectivity index (χ2v) is 11.3. The Morgan fingerprint density at radius 2 is 1.90 bits per heavy atom. The number of esters is 1. The van der Waals surface area contributed by atoms with Crippen LogP contribution in [0.3, 0.4) is 0 Å². The highest BCUT2D eigenvalue weighted by atomic mass is 16.5. The molecule has 0 amide bonds. The Bertz CT molecular complexity index is 916. The van der Waals surface area contributed by atoms with Crippen molar-refractivity contribution >= 4 is 11.5 Å². The number of carbonyl (C=O) groups is 1. The van der Waals surface area contributed by atoms with E-state index in [0.29, 0.717) is 0 Å². The smallest absolute Gasteiger partial charge is 0.308 e. The number of hydrogen-bond acceptors (Lipinski definition) is 3.